The molecule has 0 heterocycles. The maximum atomic E-state index is 12.6. The lowest BCUT2D eigenvalue weighted by molar-refractivity contribution is -0.145. The van der Waals surface area contributed by atoms with Crippen molar-refractivity contribution in [2.24, 2.45) is 5.16 Å². The summed E-state index contributed by atoms with van der Waals surface area (Å²) in [7, 11) is -2.16. The van der Waals surface area contributed by atoms with E-state index in [0.29, 0.717) is 5.71 Å². The number of oxime groups is 1. The molecule has 8 heteroatoms. The van der Waals surface area contributed by atoms with Crippen LogP contribution in [-0.2, 0) is 30.1 Å². The van der Waals surface area contributed by atoms with Crippen LogP contribution >= 0.6 is 7.52 Å². The van der Waals surface area contributed by atoms with Gasteiger partial charge >= 0.3 is 13.5 Å². The second-order valence-corrected chi connectivity index (χ2v) is 7.17. The molecule has 0 bridgehead atoms. The molecule has 0 saturated carbocycles. The largest absolute Gasteiger partial charge is 0.459 e. The van der Waals surface area contributed by atoms with Gasteiger partial charge in [-0.2, -0.15) is 0 Å². The number of methoxy groups -OCH3 is 1. The summed E-state index contributed by atoms with van der Waals surface area (Å²) in [6, 6.07) is 8.22. The number of esters is 1. The number of hydrogen-bond donors (Lipinski definition) is 1. The number of nitrogens with one attached hydrogen (secondary N) is 1. The van der Waals surface area contributed by atoms with Gasteiger partial charge in [0.1, 0.15) is 19.0 Å². The van der Waals surface area contributed by atoms with Crippen molar-refractivity contribution < 1.29 is 23.5 Å². The van der Waals surface area contributed by atoms with E-state index in [1.165, 1.54) is 13.2 Å². The first kappa shape index (κ1) is 20.1. The van der Waals surface area contributed by atoms with Crippen LogP contribution < -0.4 is 5.09 Å². The van der Waals surface area contributed by atoms with Gasteiger partial charge in [0, 0.05) is 7.11 Å². The van der Waals surface area contributed by atoms with Crippen molar-refractivity contribution >= 4 is 19.2 Å². The summed E-state index contributed by atoms with van der Waals surface area (Å²) in [6.45, 7) is 7.05. The van der Waals surface area contributed by atoms with Gasteiger partial charge in [0.05, 0.1) is 5.71 Å². The topological polar surface area (TPSA) is 86.2 Å². The minimum absolute atomic E-state index is 0.105. The van der Waals surface area contributed by atoms with Gasteiger partial charge in [-0.25, -0.2) is 9.88 Å². The lowest BCUT2D eigenvalue weighted by Gasteiger charge is -2.20. The highest BCUT2D eigenvalue weighted by molar-refractivity contribution is 7.56. The number of nitrogens with zero attached hydrogens (tertiary/aromatic N) is 1. The van der Waals surface area contributed by atoms with Gasteiger partial charge in [0.2, 0.25) is 0 Å². The van der Waals surface area contributed by atoms with Crippen LogP contribution in [0.25, 0.3) is 0 Å². The molecule has 0 amide bonds. The molecule has 0 fully saturated rings. The summed E-state index contributed by atoms with van der Waals surface area (Å²) in [5.74, 6) is -0.619. The lowest BCUT2D eigenvalue weighted by Crippen LogP contribution is -2.35. The van der Waals surface area contributed by atoms with Crippen molar-refractivity contribution in [2.45, 2.75) is 26.5 Å². The van der Waals surface area contributed by atoms with Gasteiger partial charge in [-0.1, -0.05) is 41.6 Å². The van der Waals surface area contributed by atoms with Crippen molar-refractivity contribution in [1.29, 1.82) is 0 Å². The molecule has 0 spiro atoms. The van der Waals surface area contributed by atoms with Crippen molar-refractivity contribution in [3.8, 4) is 0 Å². The van der Waals surface area contributed by atoms with Crippen LogP contribution in [0, 0.1) is 0 Å². The highest BCUT2D eigenvalue weighted by atomic mass is 31.2. The SMILES string of the molecule is C=C[C@H](NP(=O)(COC)ON=C(C)C)C(=O)OCc1ccccc1. The lowest BCUT2D eigenvalue weighted by atomic mass is 10.2. The zero-order valence-electron chi connectivity index (χ0n) is 14.1. The second-order valence-electron chi connectivity index (χ2n) is 5.15. The summed E-state index contributed by atoms with van der Waals surface area (Å²) in [6.07, 6.45) is 1.04. The Bertz CT molecular complexity index is 614. The molecule has 0 aliphatic carbocycles. The Kier molecular flexibility index (Phi) is 8.40. The van der Waals surface area contributed by atoms with E-state index in [-0.39, 0.29) is 13.0 Å². The van der Waals surface area contributed by atoms with Crippen molar-refractivity contribution in [1.82, 2.24) is 5.09 Å². The molecule has 0 aliphatic heterocycles. The predicted molar refractivity (Wildman–Crippen MR) is 92.7 cm³/mol. The van der Waals surface area contributed by atoms with Crippen LogP contribution in [0.1, 0.15) is 19.4 Å². The molecule has 0 aliphatic rings. The van der Waals surface area contributed by atoms with Gasteiger partial charge < -0.3 is 14.1 Å². The molecule has 1 unspecified atom stereocenters. The minimum atomic E-state index is -3.53. The fourth-order valence-corrected chi connectivity index (χ4v) is 3.07. The molecule has 7 nitrogen and oxygen atoms in total. The molecular formula is C16H23N2O5P. The summed E-state index contributed by atoms with van der Waals surface area (Å²) in [5.41, 5.74) is 1.42. The molecule has 0 aromatic heterocycles. The zero-order valence-corrected chi connectivity index (χ0v) is 15.0. The Morgan fingerprint density at radius 2 is 2.04 bits per heavy atom. The van der Waals surface area contributed by atoms with E-state index in [4.69, 9.17) is 14.1 Å². The van der Waals surface area contributed by atoms with Crippen LogP contribution in [0.2, 0.25) is 0 Å². The Labute approximate surface area is 142 Å². The molecule has 0 saturated heterocycles. The molecule has 132 valence electrons. The Balaban J connectivity index is 2.71. The molecule has 1 rings (SSSR count). The van der Waals surface area contributed by atoms with Crippen LogP contribution in [-0.4, -0.2) is 31.2 Å². The van der Waals surface area contributed by atoms with Gasteiger partial charge in [-0.05, 0) is 19.4 Å². The maximum absolute atomic E-state index is 12.6. The highest BCUT2D eigenvalue weighted by Crippen LogP contribution is 2.43. The van der Waals surface area contributed by atoms with E-state index in [1.54, 1.807) is 13.8 Å². The minimum Gasteiger partial charge on any atom is -0.459 e. The quantitative estimate of drug-likeness (QED) is 0.228. The van der Waals surface area contributed by atoms with Crippen LogP contribution in [0.15, 0.2) is 48.1 Å². The molecule has 1 aromatic carbocycles. The van der Waals surface area contributed by atoms with Gasteiger partial charge in [-0.3, -0.25) is 4.57 Å². The van der Waals surface area contributed by atoms with Gasteiger partial charge in [-0.15, -0.1) is 6.58 Å². The second kappa shape index (κ2) is 10.0. The molecular weight excluding hydrogens is 331 g/mol. The summed E-state index contributed by atoms with van der Waals surface area (Å²) in [4.78, 5) is 12.2. The smallest absolute Gasteiger partial charge is 0.365 e. The van der Waals surface area contributed by atoms with Crippen molar-refractivity contribution in [3.05, 3.63) is 48.6 Å². The number of rotatable bonds is 10. The third-order valence-electron chi connectivity index (χ3n) is 2.70. The van der Waals surface area contributed by atoms with Crippen LogP contribution in [0.3, 0.4) is 0 Å². The first-order valence-electron chi connectivity index (χ1n) is 7.29. The van der Waals surface area contributed by atoms with Gasteiger partial charge in [0.15, 0.2) is 0 Å². The van der Waals surface area contributed by atoms with Crippen molar-refractivity contribution in [3.63, 3.8) is 0 Å². The summed E-state index contributed by atoms with van der Waals surface area (Å²) < 4.78 is 27.8. The molecule has 0 radical (unpaired) electrons. The van der Waals surface area contributed by atoms with Crippen LogP contribution in [0.5, 0.6) is 0 Å². The van der Waals surface area contributed by atoms with E-state index < -0.39 is 19.5 Å². The summed E-state index contributed by atoms with van der Waals surface area (Å²) in [5, 5.41) is 6.26. The molecule has 1 aromatic rings. The first-order chi connectivity index (χ1) is 11.4. The zero-order chi connectivity index (χ0) is 18.0. The van der Waals surface area contributed by atoms with E-state index in [0.717, 1.165) is 5.56 Å². The van der Waals surface area contributed by atoms with E-state index >= 15 is 0 Å². The van der Waals surface area contributed by atoms with Gasteiger partial charge in [0.25, 0.3) is 0 Å². The number of benzene rings is 1. The maximum Gasteiger partial charge on any atom is 0.365 e. The van der Waals surface area contributed by atoms with E-state index in [1.807, 2.05) is 30.3 Å². The van der Waals surface area contributed by atoms with Crippen LogP contribution in [0.4, 0.5) is 0 Å². The predicted octanol–water partition coefficient (Wildman–Crippen LogP) is 3.08. The van der Waals surface area contributed by atoms with E-state index in [2.05, 4.69) is 16.8 Å². The molecule has 24 heavy (non-hydrogen) atoms. The third kappa shape index (κ3) is 7.08. The fourth-order valence-electron chi connectivity index (χ4n) is 1.63. The fraction of sp³-hybridized carbons (Fsp3) is 0.375. The normalized spacial score (nSPS) is 14.1. The monoisotopic (exact) mass is 354 g/mol. The number of hydrogen-bond acceptors (Lipinski definition) is 6. The first-order valence-corrected chi connectivity index (χ1v) is 9.10. The Morgan fingerprint density at radius 3 is 2.58 bits per heavy atom. The summed E-state index contributed by atoms with van der Waals surface area (Å²) >= 11 is 0. The Morgan fingerprint density at radius 1 is 1.38 bits per heavy atom. The molecule has 1 N–H and O–H groups in total. The number of ether oxygens (including phenoxy) is 2. The number of carbonyl (C=O) groups excluding carboxylic acids is 1. The third-order valence-corrected chi connectivity index (χ3v) is 4.32. The highest BCUT2D eigenvalue weighted by Gasteiger charge is 2.31. The number of carbonyl (C=O) groups is 1. The average Bonchev–Trinajstić information content (AvgIpc) is 2.57. The average molecular weight is 354 g/mol. The van der Waals surface area contributed by atoms with E-state index in [9.17, 15) is 9.36 Å². The molecule has 2 atom stereocenters. The standard InChI is InChI=1S/C16H23N2O5P/c1-5-15(16(19)22-11-14-9-7-6-8-10-14)18-24(20,12-21-4)23-17-13(2)3/h5-10,15H,1,11-12H2,2-4H3,(H,18,20)/t15-,24?/m0/s1. The van der Waals surface area contributed by atoms with Crippen molar-refractivity contribution in [2.75, 3.05) is 13.5 Å². The Hall–Kier alpha value is -1.95.